The van der Waals surface area contributed by atoms with Crippen molar-refractivity contribution in [1.29, 1.82) is 0 Å². The standard InChI is InChI=1S/C61H37N3S/c1-2-14-38(15-3-1)41-30-28-39-29-31-42(37-43(39)36-41)45-32-34-54(49-21-8-6-19-46(45)49)59-62-60(64-61(63-59)56-26-13-25-53-52-23-10-11-27-57(52)65-58(53)56)55-35-33-51(48-20-7-9-22-50(48)55)47-24-12-17-40-16-4-5-18-44(40)47/h1-37H. The predicted octanol–water partition coefficient (Wildman–Crippen LogP) is 16.9. The van der Waals surface area contributed by atoms with E-state index in [1.807, 2.05) is 0 Å². The molecule has 0 amide bonds. The Morgan fingerprint density at radius 2 is 0.723 bits per heavy atom. The molecule has 0 aliphatic carbocycles. The van der Waals surface area contributed by atoms with Crippen LogP contribution in [0.4, 0.5) is 0 Å². The molecule has 3 nitrogen and oxygen atoms in total. The quantitative estimate of drug-likeness (QED) is 0.167. The molecule has 2 heterocycles. The van der Waals surface area contributed by atoms with Gasteiger partial charge >= 0.3 is 0 Å². The second kappa shape index (κ2) is 15.2. The average molecular weight is 844 g/mol. The van der Waals surface area contributed by atoms with E-state index in [-0.39, 0.29) is 0 Å². The summed E-state index contributed by atoms with van der Waals surface area (Å²) in [5.41, 5.74) is 10.0. The van der Waals surface area contributed by atoms with Gasteiger partial charge in [-0.1, -0.05) is 188 Å². The maximum Gasteiger partial charge on any atom is 0.165 e. The van der Waals surface area contributed by atoms with Crippen molar-refractivity contribution >= 4 is 74.6 Å². The van der Waals surface area contributed by atoms with E-state index < -0.39 is 0 Å². The normalized spacial score (nSPS) is 11.7. The summed E-state index contributed by atoms with van der Waals surface area (Å²) in [7, 11) is 0. The van der Waals surface area contributed by atoms with Crippen LogP contribution in [-0.2, 0) is 0 Å². The molecule has 0 aliphatic heterocycles. The van der Waals surface area contributed by atoms with Crippen molar-refractivity contribution < 1.29 is 0 Å². The lowest BCUT2D eigenvalue weighted by Gasteiger charge is -2.15. The Balaban J connectivity index is 1.02. The molecule has 0 aliphatic rings. The molecule has 2 aromatic heterocycles. The molecule has 0 unspecified atom stereocenters. The molecule has 65 heavy (non-hydrogen) atoms. The average Bonchev–Trinajstić information content (AvgIpc) is 3.77. The molecule has 0 saturated carbocycles. The van der Waals surface area contributed by atoms with E-state index in [9.17, 15) is 0 Å². The van der Waals surface area contributed by atoms with Gasteiger partial charge in [-0.2, -0.15) is 0 Å². The molecular weight excluding hydrogens is 807 g/mol. The Hall–Kier alpha value is -8.31. The molecular formula is C61H37N3S. The lowest BCUT2D eigenvalue weighted by atomic mass is 9.91. The number of hydrogen-bond donors (Lipinski definition) is 0. The first-order valence-electron chi connectivity index (χ1n) is 22.0. The van der Waals surface area contributed by atoms with Crippen LogP contribution < -0.4 is 0 Å². The van der Waals surface area contributed by atoms with Crippen LogP contribution in [0.3, 0.4) is 0 Å². The maximum absolute atomic E-state index is 5.44. The Kier molecular flexibility index (Phi) is 8.71. The lowest BCUT2D eigenvalue weighted by Crippen LogP contribution is -2.01. The molecule has 0 radical (unpaired) electrons. The highest BCUT2D eigenvalue weighted by Gasteiger charge is 2.21. The Morgan fingerprint density at radius 3 is 1.46 bits per heavy atom. The number of rotatable bonds is 6. The van der Waals surface area contributed by atoms with E-state index >= 15 is 0 Å². The van der Waals surface area contributed by atoms with Gasteiger partial charge in [-0.3, -0.25) is 0 Å². The number of hydrogen-bond acceptors (Lipinski definition) is 4. The van der Waals surface area contributed by atoms with E-state index in [1.165, 1.54) is 64.0 Å². The third kappa shape index (κ3) is 6.30. The largest absolute Gasteiger partial charge is 0.208 e. The van der Waals surface area contributed by atoms with Gasteiger partial charge in [-0.15, -0.1) is 11.3 Å². The highest BCUT2D eigenvalue weighted by molar-refractivity contribution is 7.26. The van der Waals surface area contributed by atoms with E-state index in [0.29, 0.717) is 17.5 Å². The summed E-state index contributed by atoms with van der Waals surface area (Å²) in [6.45, 7) is 0. The SMILES string of the molecule is c1ccc(-c2ccc3ccc(-c4ccc(-c5nc(-c6ccc(-c7cccc8ccccc78)c7ccccc67)nc(-c6cccc7c6sc6ccccc67)n5)c5ccccc45)cc3c2)cc1. The smallest absolute Gasteiger partial charge is 0.165 e. The van der Waals surface area contributed by atoms with Gasteiger partial charge in [-0.25, -0.2) is 15.0 Å². The molecule has 0 fully saturated rings. The van der Waals surface area contributed by atoms with E-state index in [0.717, 1.165) is 49.4 Å². The van der Waals surface area contributed by atoms with Gasteiger partial charge in [0.1, 0.15) is 0 Å². The molecule has 4 heteroatoms. The summed E-state index contributed by atoms with van der Waals surface area (Å²) in [6, 6.07) is 80.6. The number of nitrogens with zero attached hydrogens (tertiary/aromatic N) is 3. The van der Waals surface area contributed by atoms with Crippen LogP contribution in [-0.4, -0.2) is 15.0 Å². The van der Waals surface area contributed by atoms with Gasteiger partial charge in [0.15, 0.2) is 17.5 Å². The zero-order valence-electron chi connectivity index (χ0n) is 35.1. The van der Waals surface area contributed by atoms with E-state index in [2.05, 4.69) is 224 Å². The second-order valence-electron chi connectivity index (χ2n) is 16.7. The van der Waals surface area contributed by atoms with Crippen molar-refractivity contribution in [2.75, 3.05) is 0 Å². The fraction of sp³-hybridized carbons (Fsp3) is 0. The van der Waals surface area contributed by atoms with Crippen molar-refractivity contribution in [3.63, 3.8) is 0 Å². The topological polar surface area (TPSA) is 38.7 Å². The zero-order valence-corrected chi connectivity index (χ0v) is 35.9. The highest BCUT2D eigenvalue weighted by atomic mass is 32.1. The van der Waals surface area contributed by atoms with Gasteiger partial charge in [0.05, 0.1) is 0 Å². The Bertz CT molecular complexity index is 4010. The van der Waals surface area contributed by atoms with Gasteiger partial charge in [0.25, 0.3) is 0 Å². The molecule has 13 aromatic rings. The molecule has 0 spiro atoms. The van der Waals surface area contributed by atoms with Crippen LogP contribution in [0.2, 0.25) is 0 Å². The third-order valence-electron chi connectivity index (χ3n) is 12.9. The number of fused-ring (bicyclic) bond motifs is 7. The fourth-order valence-electron chi connectivity index (χ4n) is 9.82. The molecule has 0 saturated heterocycles. The molecule has 0 atom stereocenters. The zero-order chi connectivity index (χ0) is 42.8. The van der Waals surface area contributed by atoms with Crippen LogP contribution >= 0.6 is 11.3 Å². The van der Waals surface area contributed by atoms with E-state index in [4.69, 9.17) is 15.0 Å². The number of benzene rings is 11. The first-order valence-corrected chi connectivity index (χ1v) is 22.8. The molecule has 0 bridgehead atoms. The Morgan fingerprint density at radius 1 is 0.246 bits per heavy atom. The summed E-state index contributed by atoms with van der Waals surface area (Å²) in [6.07, 6.45) is 0. The Labute approximate surface area is 379 Å². The van der Waals surface area contributed by atoms with Gasteiger partial charge in [0, 0.05) is 36.9 Å². The van der Waals surface area contributed by atoms with Crippen LogP contribution in [0.25, 0.3) is 131 Å². The van der Waals surface area contributed by atoms with E-state index in [1.54, 1.807) is 11.3 Å². The van der Waals surface area contributed by atoms with Crippen molar-refractivity contribution in [2.24, 2.45) is 0 Å². The maximum atomic E-state index is 5.44. The predicted molar refractivity (Wildman–Crippen MR) is 275 cm³/mol. The summed E-state index contributed by atoms with van der Waals surface area (Å²) in [5.74, 6) is 1.93. The number of thiophene rings is 1. The summed E-state index contributed by atoms with van der Waals surface area (Å²) in [5, 5.41) is 11.8. The summed E-state index contributed by atoms with van der Waals surface area (Å²) in [4.78, 5) is 16.3. The monoisotopic (exact) mass is 843 g/mol. The molecule has 0 N–H and O–H groups in total. The van der Waals surface area contributed by atoms with Crippen molar-refractivity contribution in [3.8, 4) is 67.5 Å². The molecule has 11 aromatic carbocycles. The van der Waals surface area contributed by atoms with Crippen LogP contribution in [0.5, 0.6) is 0 Å². The first-order chi connectivity index (χ1) is 32.2. The fourth-order valence-corrected chi connectivity index (χ4v) is 11.0. The van der Waals surface area contributed by atoms with Gasteiger partial charge < -0.3 is 0 Å². The summed E-state index contributed by atoms with van der Waals surface area (Å²) >= 11 is 1.79. The van der Waals surface area contributed by atoms with Crippen molar-refractivity contribution in [3.05, 3.63) is 224 Å². The second-order valence-corrected chi connectivity index (χ2v) is 17.7. The van der Waals surface area contributed by atoms with Crippen molar-refractivity contribution in [2.45, 2.75) is 0 Å². The first kappa shape index (κ1) is 37.3. The van der Waals surface area contributed by atoms with Gasteiger partial charge in [-0.05, 0) is 113 Å². The van der Waals surface area contributed by atoms with Crippen LogP contribution in [0.15, 0.2) is 224 Å². The minimum absolute atomic E-state index is 0.638. The van der Waals surface area contributed by atoms with Crippen LogP contribution in [0.1, 0.15) is 0 Å². The van der Waals surface area contributed by atoms with Crippen LogP contribution in [0, 0.1) is 0 Å². The lowest BCUT2D eigenvalue weighted by molar-refractivity contribution is 1.08. The minimum atomic E-state index is 0.638. The van der Waals surface area contributed by atoms with Gasteiger partial charge in [0.2, 0.25) is 0 Å². The number of aromatic nitrogens is 3. The molecule has 13 rings (SSSR count). The van der Waals surface area contributed by atoms with Crippen molar-refractivity contribution in [1.82, 2.24) is 15.0 Å². The summed E-state index contributed by atoms with van der Waals surface area (Å²) < 4.78 is 2.41. The third-order valence-corrected chi connectivity index (χ3v) is 14.2. The molecule has 302 valence electrons. The minimum Gasteiger partial charge on any atom is -0.208 e. The highest BCUT2D eigenvalue weighted by Crippen LogP contribution is 2.43.